The fraction of sp³-hybridized carbons (Fsp3) is 0.222. The molecule has 1 aliphatic heterocycles. The van der Waals surface area contributed by atoms with Crippen LogP contribution >= 0.6 is 11.3 Å². The van der Waals surface area contributed by atoms with Crippen molar-refractivity contribution in [3.05, 3.63) is 42.5 Å². The molecule has 0 amide bonds. The Balaban J connectivity index is 1.54. The Morgan fingerprint density at radius 2 is 1.85 bits per heavy atom. The number of halogens is 1. The van der Waals surface area contributed by atoms with Gasteiger partial charge in [0.15, 0.2) is 0 Å². The van der Waals surface area contributed by atoms with E-state index in [2.05, 4.69) is 25.1 Å². The van der Waals surface area contributed by atoms with E-state index in [1.165, 1.54) is 17.4 Å². The first-order valence-electron chi connectivity index (χ1n) is 8.45. The summed E-state index contributed by atoms with van der Waals surface area (Å²) >= 11 is 1.44. The van der Waals surface area contributed by atoms with E-state index in [0.29, 0.717) is 19.1 Å². The Hall–Kier alpha value is -2.91. The summed E-state index contributed by atoms with van der Waals surface area (Å²) in [6.07, 6.45) is 1.56. The van der Waals surface area contributed by atoms with Gasteiger partial charge in [-0.3, -0.25) is 0 Å². The zero-order chi connectivity index (χ0) is 18.2. The van der Waals surface area contributed by atoms with Crippen LogP contribution in [0, 0.1) is 5.82 Å². The molecule has 136 valence electrons. The summed E-state index contributed by atoms with van der Waals surface area (Å²) in [7, 11) is 0. The minimum absolute atomic E-state index is 0.153. The number of fused-ring (bicyclic) bond motifs is 1. The fourth-order valence-corrected chi connectivity index (χ4v) is 3.96. The van der Waals surface area contributed by atoms with Crippen LogP contribution in [0.3, 0.4) is 0 Å². The second-order valence-corrected chi connectivity index (χ2v) is 7.05. The van der Waals surface area contributed by atoms with Crippen LogP contribution in [0.4, 0.5) is 10.2 Å². The van der Waals surface area contributed by atoms with E-state index in [4.69, 9.17) is 9.15 Å². The van der Waals surface area contributed by atoms with E-state index in [0.717, 1.165) is 34.0 Å². The highest BCUT2D eigenvalue weighted by Gasteiger charge is 2.20. The van der Waals surface area contributed by atoms with Crippen molar-refractivity contribution in [3.8, 4) is 22.2 Å². The van der Waals surface area contributed by atoms with E-state index in [9.17, 15) is 4.39 Å². The predicted molar refractivity (Wildman–Crippen MR) is 99.1 cm³/mol. The van der Waals surface area contributed by atoms with Gasteiger partial charge in [0.2, 0.25) is 0 Å². The van der Waals surface area contributed by atoms with Gasteiger partial charge in [-0.15, -0.1) is 21.5 Å². The monoisotopic (exact) mass is 383 g/mol. The van der Waals surface area contributed by atoms with Crippen molar-refractivity contribution in [2.45, 2.75) is 0 Å². The van der Waals surface area contributed by atoms with Gasteiger partial charge in [0, 0.05) is 13.1 Å². The number of rotatable bonds is 3. The van der Waals surface area contributed by atoms with Gasteiger partial charge in [-0.1, -0.05) is 12.1 Å². The Morgan fingerprint density at radius 1 is 1.04 bits per heavy atom. The van der Waals surface area contributed by atoms with Crippen molar-refractivity contribution >= 4 is 27.4 Å². The van der Waals surface area contributed by atoms with Gasteiger partial charge in [-0.05, 0) is 18.2 Å². The van der Waals surface area contributed by atoms with Crippen molar-refractivity contribution in [3.63, 3.8) is 0 Å². The van der Waals surface area contributed by atoms with E-state index in [1.54, 1.807) is 24.5 Å². The zero-order valence-electron chi connectivity index (χ0n) is 14.1. The molecule has 4 aromatic rings. The maximum absolute atomic E-state index is 14.0. The molecule has 4 heterocycles. The van der Waals surface area contributed by atoms with Crippen molar-refractivity contribution in [1.29, 1.82) is 0 Å². The number of nitrogens with zero attached hydrogens (tertiary/aromatic N) is 5. The van der Waals surface area contributed by atoms with Crippen molar-refractivity contribution < 1.29 is 13.5 Å². The van der Waals surface area contributed by atoms with Crippen LogP contribution in [-0.4, -0.2) is 46.5 Å². The Bertz CT molecular complexity index is 1110. The van der Waals surface area contributed by atoms with Crippen LogP contribution in [0.1, 0.15) is 0 Å². The molecule has 0 saturated carbocycles. The minimum Gasteiger partial charge on any atom is -0.415 e. The Labute approximate surface area is 157 Å². The van der Waals surface area contributed by atoms with Crippen LogP contribution in [0.25, 0.3) is 32.4 Å². The van der Waals surface area contributed by atoms with Crippen molar-refractivity contribution in [2.24, 2.45) is 0 Å². The molecule has 27 heavy (non-hydrogen) atoms. The smallest absolute Gasteiger partial charge is 0.258 e. The largest absolute Gasteiger partial charge is 0.415 e. The van der Waals surface area contributed by atoms with Gasteiger partial charge in [0.05, 0.1) is 29.0 Å². The summed E-state index contributed by atoms with van der Waals surface area (Å²) in [4.78, 5) is 12.6. The molecule has 5 rings (SSSR count). The molecule has 9 heteroatoms. The number of ether oxygens (including phenoxy) is 1. The topological polar surface area (TPSA) is 77.2 Å². The summed E-state index contributed by atoms with van der Waals surface area (Å²) in [6.45, 7) is 2.93. The van der Waals surface area contributed by atoms with Gasteiger partial charge in [0.1, 0.15) is 22.8 Å². The number of benzene rings is 1. The van der Waals surface area contributed by atoms with Gasteiger partial charge in [-0.25, -0.2) is 14.4 Å². The SMILES string of the molecule is Fc1ccccc1-c1nnc(-c2cc3c(N4CCOCC4)ncnc3s2)o1. The Morgan fingerprint density at radius 3 is 2.70 bits per heavy atom. The van der Waals surface area contributed by atoms with Gasteiger partial charge < -0.3 is 14.1 Å². The first-order valence-corrected chi connectivity index (χ1v) is 9.27. The maximum Gasteiger partial charge on any atom is 0.258 e. The number of morpholine rings is 1. The highest BCUT2D eigenvalue weighted by Crippen LogP contribution is 2.36. The molecule has 1 saturated heterocycles. The molecule has 0 aliphatic carbocycles. The number of hydrogen-bond donors (Lipinski definition) is 0. The molecule has 0 radical (unpaired) electrons. The van der Waals surface area contributed by atoms with Crippen molar-refractivity contribution in [2.75, 3.05) is 31.2 Å². The normalized spacial score (nSPS) is 14.8. The molecule has 0 bridgehead atoms. The molecule has 1 aromatic carbocycles. The quantitative estimate of drug-likeness (QED) is 0.537. The first-order chi connectivity index (χ1) is 13.3. The third-order valence-corrected chi connectivity index (χ3v) is 5.39. The molecule has 1 aliphatic rings. The second kappa shape index (κ2) is 6.67. The molecular weight excluding hydrogens is 369 g/mol. The van der Waals surface area contributed by atoms with Gasteiger partial charge in [0.25, 0.3) is 11.8 Å². The summed E-state index contributed by atoms with van der Waals surface area (Å²) < 4.78 is 25.1. The average Bonchev–Trinajstić information content (AvgIpc) is 3.36. The summed E-state index contributed by atoms with van der Waals surface area (Å²) in [6, 6.07) is 8.27. The molecule has 0 atom stereocenters. The van der Waals surface area contributed by atoms with Crippen LogP contribution in [-0.2, 0) is 4.74 Å². The molecule has 0 N–H and O–H groups in total. The van der Waals surface area contributed by atoms with E-state index < -0.39 is 5.82 Å². The highest BCUT2D eigenvalue weighted by atomic mass is 32.1. The molecule has 7 nitrogen and oxygen atoms in total. The average molecular weight is 383 g/mol. The van der Waals surface area contributed by atoms with E-state index in [1.807, 2.05) is 6.07 Å². The number of anilines is 1. The second-order valence-electron chi connectivity index (χ2n) is 6.02. The standard InChI is InChI=1S/C18H14FN5O2S/c19-13-4-2-1-3-11(13)16-22-23-17(26-16)14-9-12-15(20-10-21-18(12)27-14)24-5-7-25-8-6-24/h1-4,9-10H,5-8H2. The van der Waals surface area contributed by atoms with Crippen LogP contribution < -0.4 is 4.90 Å². The molecule has 0 unspecified atom stereocenters. The third-order valence-electron chi connectivity index (χ3n) is 4.36. The van der Waals surface area contributed by atoms with Crippen LogP contribution in [0.5, 0.6) is 0 Å². The molecular formula is C18H14FN5O2S. The third kappa shape index (κ3) is 2.94. The lowest BCUT2D eigenvalue weighted by Gasteiger charge is -2.28. The molecule has 1 fully saturated rings. The zero-order valence-corrected chi connectivity index (χ0v) is 14.9. The predicted octanol–water partition coefficient (Wildman–Crippen LogP) is 3.38. The van der Waals surface area contributed by atoms with Crippen molar-refractivity contribution in [1.82, 2.24) is 20.2 Å². The lowest BCUT2D eigenvalue weighted by molar-refractivity contribution is 0.122. The van der Waals surface area contributed by atoms with Gasteiger partial charge >= 0.3 is 0 Å². The summed E-state index contributed by atoms with van der Waals surface area (Å²) in [5.74, 6) is 0.966. The van der Waals surface area contributed by atoms with E-state index >= 15 is 0 Å². The molecule has 3 aromatic heterocycles. The fourth-order valence-electron chi connectivity index (χ4n) is 3.04. The summed E-state index contributed by atoms with van der Waals surface area (Å²) in [5, 5.41) is 9.02. The number of hydrogen-bond acceptors (Lipinski definition) is 8. The Kier molecular flexibility index (Phi) is 4.02. The summed E-state index contributed by atoms with van der Waals surface area (Å²) in [5.41, 5.74) is 0.283. The lowest BCUT2D eigenvalue weighted by atomic mass is 10.2. The number of aromatic nitrogens is 4. The maximum atomic E-state index is 14.0. The minimum atomic E-state index is -0.399. The highest BCUT2D eigenvalue weighted by molar-refractivity contribution is 7.21. The van der Waals surface area contributed by atoms with Crippen LogP contribution in [0.2, 0.25) is 0 Å². The first kappa shape index (κ1) is 16.3. The van der Waals surface area contributed by atoms with Crippen LogP contribution in [0.15, 0.2) is 41.1 Å². The van der Waals surface area contributed by atoms with Gasteiger partial charge in [-0.2, -0.15) is 0 Å². The number of thiophene rings is 1. The molecule has 0 spiro atoms. The van der Waals surface area contributed by atoms with E-state index in [-0.39, 0.29) is 11.5 Å². The lowest BCUT2D eigenvalue weighted by Crippen LogP contribution is -2.36.